The third-order valence-electron chi connectivity index (χ3n) is 27.0. The molecule has 0 saturated carbocycles. The molecule has 3 aromatic heterocycles. The van der Waals surface area contributed by atoms with Gasteiger partial charge in [0.25, 0.3) is 5.91 Å². The van der Waals surface area contributed by atoms with Crippen LogP contribution in [0.15, 0.2) is 246 Å². The molecule has 0 atom stereocenters. The molecule has 0 aliphatic carbocycles. The van der Waals surface area contributed by atoms with Gasteiger partial charge in [0.2, 0.25) is 5.24 Å². The Morgan fingerprint density at radius 1 is 0.389 bits per heavy atom. The first-order chi connectivity index (χ1) is 69.3. The Hall–Kier alpha value is -10.0. The van der Waals surface area contributed by atoms with Gasteiger partial charge < -0.3 is 14.6 Å². The van der Waals surface area contributed by atoms with E-state index in [9.17, 15) is 14.4 Å². The Morgan fingerprint density at radius 2 is 0.725 bits per heavy atom. The van der Waals surface area contributed by atoms with Crippen molar-refractivity contribution in [1.82, 2.24) is 49.7 Å². The van der Waals surface area contributed by atoms with Crippen molar-refractivity contribution in [1.29, 1.82) is 0 Å². The maximum Gasteiger partial charge on any atom is 0.488 e. The maximum atomic E-state index is 12.4. The molecular formula is C127H163BBr3ClIrN11O5-. The van der Waals surface area contributed by atoms with Gasteiger partial charge in [0, 0.05) is 79.5 Å². The minimum absolute atomic E-state index is 0. The summed E-state index contributed by atoms with van der Waals surface area (Å²) in [5, 5.41) is 45.9. The number of halogens is 4. The summed E-state index contributed by atoms with van der Waals surface area (Å²) in [6, 6.07) is 85.1. The molecule has 1 radical (unpaired) electrons. The Kier molecular flexibility index (Phi) is 47.3. The van der Waals surface area contributed by atoms with Gasteiger partial charge in [-0.25, -0.2) is 5.84 Å². The summed E-state index contributed by atoms with van der Waals surface area (Å²) in [4.78, 5) is 33.5. The molecule has 22 heteroatoms. The number of carbonyl (C=O) groups is 3. The molecule has 797 valence electrons. The molecule has 0 unspecified atom stereocenters. The second kappa shape index (κ2) is 56.0. The monoisotopic (exact) mass is 2400 g/mol. The smallest absolute Gasteiger partial charge is 0.423 e. The van der Waals surface area contributed by atoms with Crippen molar-refractivity contribution < 1.29 is 44.5 Å². The van der Waals surface area contributed by atoms with E-state index in [1.807, 2.05) is 41.8 Å². The number of nitrogens with one attached hydrogen (secondary N) is 1. The number of hydrogen-bond donors (Lipinski definition) is 4. The molecule has 3 heterocycles. The van der Waals surface area contributed by atoms with E-state index in [0.717, 1.165) is 135 Å². The number of aromatic nitrogens is 9. The van der Waals surface area contributed by atoms with Gasteiger partial charge in [-0.3, -0.25) is 28.9 Å². The number of unbranched alkanes of at least 4 members (excludes halogenated alkanes) is 4. The van der Waals surface area contributed by atoms with Gasteiger partial charge >= 0.3 is 7.12 Å². The molecule has 149 heavy (non-hydrogen) atoms. The Labute approximate surface area is 936 Å². The summed E-state index contributed by atoms with van der Waals surface area (Å²) in [6.45, 7) is 67.1. The number of hydrogen-bond acceptors (Lipinski definition) is 12. The third kappa shape index (κ3) is 36.3. The van der Waals surface area contributed by atoms with E-state index in [0.29, 0.717) is 23.2 Å². The number of benzene rings is 11. The number of carbonyl (C=O) groups excluding carboxylic acids is 3. The van der Waals surface area contributed by atoms with Crippen molar-refractivity contribution in [3.8, 4) is 73.5 Å². The second-order valence-corrected chi connectivity index (χ2v) is 49.8. The Balaban J connectivity index is 0.000000249. The number of hydrazine groups is 1. The summed E-state index contributed by atoms with van der Waals surface area (Å²) in [6.07, 6.45) is 14.1. The summed E-state index contributed by atoms with van der Waals surface area (Å²) in [5.74, 6) is 10.7. The normalized spacial score (nSPS) is 11.7. The molecule has 11 aromatic carbocycles. The molecule has 0 aliphatic rings. The van der Waals surface area contributed by atoms with E-state index in [2.05, 4.69) is 448 Å². The summed E-state index contributed by atoms with van der Waals surface area (Å²) in [7, 11) is -1.37. The van der Waals surface area contributed by atoms with Crippen LogP contribution in [0.25, 0.3) is 73.5 Å². The fourth-order valence-corrected chi connectivity index (χ4v) is 18.2. The first-order valence-corrected chi connectivity index (χ1v) is 55.0. The molecule has 0 saturated heterocycles. The van der Waals surface area contributed by atoms with Crippen LogP contribution in [0.5, 0.6) is 0 Å². The molecule has 14 aromatic rings. The Bertz CT molecular complexity index is 6500. The number of alkyl halides is 1. The predicted octanol–water partition coefficient (Wildman–Crippen LogP) is 32.8. The number of ketones is 1. The molecule has 0 bridgehead atoms. The SMILES string of the molecule is CC(C)(Br)C(=O)Cl.CC(C)(C)c1ccc(B(O)O)cc1.CCCCC(C)(C)C(=O)Cc1ccc(C)cc1C.CCCCC(C)(C)c1nnc(-c2[c-]ccc(-c3ccc(C(C)(C)C)cc3)c2)n1-c1ccc(C)cc1C.CCCCC(C)(C)c1nnc(-c2cccc(-c3ccc(C(C)(C)C)cc3)c2)n1-c1ccc(C)cc1C.CCCCC(C)(C)c1nnc(-c2cccc(Br)c2)n1-c1ccc(C)cc1C.NNC(=O)c1cccc(Br)c1.[Ir]. The summed E-state index contributed by atoms with van der Waals surface area (Å²) >= 11 is 15.0. The van der Waals surface area contributed by atoms with Crippen molar-refractivity contribution in [3.05, 3.63) is 341 Å². The van der Waals surface area contributed by atoms with Crippen molar-refractivity contribution in [2.75, 3.05) is 0 Å². The molecule has 14 rings (SSSR count). The second-order valence-electron chi connectivity index (χ2n) is 45.6. The van der Waals surface area contributed by atoms with Crippen LogP contribution in [0.2, 0.25) is 0 Å². The molecule has 1 amide bonds. The van der Waals surface area contributed by atoms with Crippen LogP contribution in [-0.4, -0.2) is 82.7 Å². The fourth-order valence-electron chi connectivity index (χ4n) is 17.4. The molecular weight excluding hydrogens is 2240 g/mol. The molecule has 0 aliphatic heterocycles. The number of nitrogens with two attached hydrogens (primary N) is 1. The van der Waals surface area contributed by atoms with Gasteiger partial charge in [0.1, 0.15) is 23.3 Å². The number of Topliss-reactive ketones (excluding diaryl/α,β-unsaturated/α-hetero) is 1. The zero-order chi connectivity index (χ0) is 110. The number of amides is 1. The number of rotatable bonds is 29. The molecule has 0 spiro atoms. The zero-order valence-corrected chi connectivity index (χ0v) is 102. The van der Waals surface area contributed by atoms with E-state index in [4.69, 9.17) is 47.9 Å². The van der Waals surface area contributed by atoms with Gasteiger partial charge in [-0.2, -0.15) is 5.10 Å². The van der Waals surface area contributed by atoms with Crippen LogP contribution in [0.3, 0.4) is 0 Å². The van der Waals surface area contributed by atoms with Crippen molar-refractivity contribution in [3.63, 3.8) is 0 Å². The molecule has 5 N–H and O–H groups in total. The van der Waals surface area contributed by atoms with Gasteiger partial charge in [0.05, 0.1) is 21.5 Å². The van der Waals surface area contributed by atoms with E-state index in [1.165, 1.54) is 109 Å². The maximum absolute atomic E-state index is 12.4. The van der Waals surface area contributed by atoms with Gasteiger partial charge in [-0.05, 0) is 244 Å². The first-order valence-electron chi connectivity index (χ1n) is 52.2. The van der Waals surface area contributed by atoms with Crippen LogP contribution in [0, 0.1) is 66.9 Å². The quantitative estimate of drug-likeness (QED) is 0.00654. The van der Waals surface area contributed by atoms with E-state index < -0.39 is 11.4 Å². The zero-order valence-electron chi connectivity index (χ0n) is 94.4. The summed E-state index contributed by atoms with van der Waals surface area (Å²) < 4.78 is 8.16. The topological polar surface area (TPSA) is 222 Å². The first kappa shape index (κ1) is 126. The van der Waals surface area contributed by atoms with Crippen molar-refractivity contribution in [2.24, 2.45) is 11.3 Å². The van der Waals surface area contributed by atoms with Crippen LogP contribution < -0.4 is 16.7 Å². The Morgan fingerprint density at radius 3 is 1.08 bits per heavy atom. The van der Waals surface area contributed by atoms with Crippen molar-refractivity contribution >= 4 is 88.9 Å². The van der Waals surface area contributed by atoms with E-state index in [-0.39, 0.29) is 69.2 Å². The fraction of sp³-hybridized carbons (Fsp3) is 0.409. The van der Waals surface area contributed by atoms with Crippen LogP contribution >= 0.6 is 59.4 Å². The molecule has 16 nitrogen and oxygen atoms in total. The standard InChI is InChI=1S/C33H41N3.C33H40N3.C23H28BrN3.C17H26O.C10H15BO2.C7H7BrN2O.C4H6BrClO.Ir/c2*1-9-10-20-33(7,8)31-35-34-30(36(31)29-19-14-23(2)21-24(29)3)27-13-11-12-26(22-27)25-15-17-28(18-16-25)32(4,5)6;1-6-7-13-23(4,5)22-26-25-21(18-9-8-10-19(24)15-18)27(22)20-12-11-16(2)14-17(20)3;1-6-7-10-17(4,5)16(18)12-15-9-8-13(2)11-14(15)3;1-10(2,3)8-4-6-9(7-5-8)11(12)13;8-6-3-1-2-5(4-6)7(11)10-9;1-4(2,5)3(6)7;/h11-19,21-22H,9-10,20H2,1-8H3;11-12,14-19,21-22H,9-10,20H2,1-8H3;8-12,14-15H,6-7,13H2,1-5H3;8-9,11H,6-7,10,12H2,1-5H3;4-7,12-13H,1-3H3;1-4H,9H2,(H,10,11);1-2H3;/q;-1;;;;;;. The van der Waals surface area contributed by atoms with Crippen LogP contribution in [0.1, 0.15) is 331 Å². The minimum Gasteiger partial charge on any atom is -0.423 e. The average molecular weight is 2400 g/mol. The largest absolute Gasteiger partial charge is 0.488 e. The minimum atomic E-state index is -1.37. The van der Waals surface area contributed by atoms with Gasteiger partial charge in [-0.1, -0.05) is 431 Å². The van der Waals surface area contributed by atoms with Crippen LogP contribution in [-0.2, 0) is 68.6 Å². The average Bonchev–Trinajstić information content (AvgIpc) is 1.63. The third-order valence-corrected chi connectivity index (χ3v) is 29.0. The van der Waals surface area contributed by atoms with E-state index in [1.54, 1.807) is 44.2 Å². The predicted molar refractivity (Wildman–Crippen MR) is 634 cm³/mol. The van der Waals surface area contributed by atoms with Crippen LogP contribution in [0.4, 0.5) is 0 Å². The van der Waals surface area contributed by atoms with Gasteiger partial charge in [0.15, 0.2) is 11.6 Å². The number of nitrogens with zero attached hydrogens (tertiary/aromatic N) is 9. The molecule has 0 fully saturated rings. The van der Waals surface area contributed by atoms with E-state index >= 15 is 0 Å². The number of nitrogen functional groups attached to an aromatic ring is 1. The summed E-state index contributed by atoms with van der Waals surface area (Å²) in [5.41, 5.74) is 29.4. The van der Waals surface area contributed by atoms with Gasteiger partial charge in [-0.15, -0.1) is 60.9 Å². The van der Waals surface area contributed by atoms with Crippen molar-refractivity contribution in [2.45, 2.75) is 335 Å². The number of aryl methyl sites for hydroxylation is 8.